The topological polar surface area (TPSA) is 81.4 Å². The first kappa shape index (κ1) is 17.1. The monoisotopic (exact) mass is 356 g/mol. The highest BCUT2D eigenvalue weighted by atomic mass is 16.5. The molecule has 1 fully saturated rings. The third kappa shape index (κ3) is 2.80. The van der Waals surface area contributed by atoms with Gasteiger partial charge < -0.3 is 14.2 Å². The first-order chi connectivity index (χ1) is 12.5. The van der Waals surface area contributed by atoms with E-state index in [4.69, 9.17) is 9.26 Å². The molecule has 7 heteroatoms. The lowest BCUT2D eigenvalue weighted by atomic mass is 9.87. The maximum atomic E-state index is 12.5. The van der Waals surface area contributed by atoms with E-state index >= 15 is 0 Å². The molecule has 7 nitrogen and oxygen atoms in total. The third-order valence-electron chi connectivity index (χ3n) is 5.38. The zero-order valence-electron chi connectivity index (χ0n) is 15.5. The van der Waals surface area contributed by atoms with Gasteiger partial charge in [0.2, 0.25) is 5.91 Å². The van der Waals surface area contributed by atoms with Crippen LogP contribution in [0.3, 0.4) is 0 Å². The number of ether oxygens (including phenoxy) is 1. The SMILES string of the molecule is CCCc1ncc2c(n1)COC21CN(C(=O)CCc2c(C)noc2C)C1. The van der Waals surface area contributed by atoms with Gasteiger partial charge in [0, 0.05) is 30.2 Å². The summed E-state index contributed by atoms with van der Waals surface area (Å²) in [7, 11) is 0. The lowest BCUT2D eigenvalue weighted by Crippen LogP contribution is -2.61. The summed E-state index contributed by atoms with van der Waals surface area (Å²) >= 11 is 0. The highest BCUT2D eigenvalue weighted by Gasteiger charge is 2.52. The van der Waals surface area contributed by atoms with Gasteiger partial charge in [0.15, 0.2) is 0 Å². The molecule has 0 bridgehead atoms. The summed E-state index contributed by atoms with van der Waals surface area (Å²) in [5.74, 6) is 1.80. The van der Waals surface area contributed by atoms with Crippen LogP contribution in [0.4, 0.5) is 0 Å². The minimum absolute atomic E-state index is 0.135. The van der Waals surface area contributed by atoms with E-state index in [1.807, 2.05) is 24.9 Å². The molecule has 4 heterocycles. The molecule has 0 aliphatic carbocycles. The number of likely N-dealkylation sites (tertiary alicyclic amines) is 1. The van der Waals surface area contributed by atoms with Crippen LogP contribution in [0.5, 0.6) is 0 Å². The van der Waals surface area contributed by atoms with Crippen molar-refractivity contribution in [3.8, 4) is 0 Å². The number of hydrogen-bond donors (Lipinski definition) is 0. The predicted octanol–water partition coefficient (Wildman–Crippen LogP) is 2.23. The number of carbonyl (C=O) groups excluding carboxylic acids is 1. The van der Waals surface area contributed by atoms with Gasteiger partial charge in [0.25, 0.3) is 0 Å². The zero-order valence-corrected chi connectivity index (χ0v) is 15.5. The number of aromatic nitrogens is 3. The highest BCUT2D eigenvalue weighted by molar-refractivity contribution is 5.78. The summed E-state index contributed by atoms with van der Waals surface area (Å²) in [4.78, 5) is 23.5. The molecule has 0 aromatic carbocycles. The van der Waals surface area contributed by atoms with E-state index in [2.05, 4.69) is 22.0 Å². The molecule has 0 radical (unpaired) electrons. The smallest absolute Gasteiger partial charge is 0.223 e. The lowest BCUT2D eigenvalue weighted by molar-refractivity contribution is -0.168. The van der Waals surface area contributed by atoms with Crippen LogP contribution in [-0.4, -0.2) is 39.0 Å². The highest BCUT2D eigenvalue weighted by Crippen LogP contribution is 2.42. The molecule has 2 aromatic heterocycles. The van der Waals surface area contributed by atoms with Crippen molar-refractivity contribution in [1.82, 2.24) is 20.0 Å². The molecule has 0 N–H and O–H groups in total. The lowest BCUT2D eigenvalue weighted by Gasteiger charge is -2.47. The number of nitrogens with zero attached hydrogens (tertiary/aromatic N) is 4. The molecular weight excluding hydrogens is 332 g/mol. The van der Waals surface area contributed by atoms with Crippen LogP contribution in [0.25, 0.3) is 0 Å². The summed E-state index contributed by atoms with van der Waals surface area (Å²) in [6, 6.07) is 0. The van der Waals surface area contributed by atoms with Crippen LogP contribution in [0.2, 0.25) is 0 Å². The van der Waals surface area contributed by atoms with Crippen molar-refractivity contribution >= 4 is 5.91 Å². The maximum Gasteiger partial charge on any atom is 0.223 e. The fourth-order valence-corrected chi connectivity index (χ4v) is 3.83. The number of hydrogen-bond acceptors (Lipinski definition) is 6. The van der Waals surface area contributed by atoms with Crippen molar-refractivity contribution in [3.05, 3.63) is 40.3 Å². The van der Waals surface area contributed by atoms with E-state index < -0.39 is 5.60 Å². The Kier molecular flexibility index (Phi) is 4.26. The van der Waals surface area contributed by atoms with Gasteiger partial charge in [-0.1, -0.05) is 12.1 Å². The van der Waals surface area contributed by atoms with Gasteiger partial charge in [-0.25, -0.2) is 9.97 Å². The van der Waals surface area contributed by atoms with E-state index in [1.54, 1.807) is 0 Å². The number of fused-ring (bicyclic) bond motifs is 2. The Balaban J connectivity index is 1.38. The van der Waals surface area contributed by atoms with E-state index in [9.17, 15) is 4.79 Å². The molecule has 4 rings (SSSR count). The number of carbonyl (C=O) groups is 1. The molecule has 2 aromatic rings. The fourth-order valence-electron chi connectivity index (χ4n) is 3.83. The van der Waals surface area contributed by atoms with Crippen LogP contribution < -0.4 is 0 Å². The zero-order chi connectivity index (χ0) is 18.3. The average molecular weight is 356 g/mol. The molecule has 138 valence electrons. The second-order valence-corrected chi connectivity index (χ2v) is 7.23. The Bertz CT molecular complexity index is 820. The van der Waals surface area contributed by atoms with Gasteiger partial charge in [-0.15, -0.1) is 0 Å². The second kappa shape index (κ2) is 6.46. The molecule has 2 aliphatic heterocycles. The van der Waals surface area contributed by atoms with Gasteiger partial charge >= 0.3 is 0 Å². The quantitative estimate of drug-likeness (QED) is 0.817. The van der Waals surface area contributed by atoms with Crippen LogP contribution in [0.15, 0.2) is 10.7 Å². The number of amides is 1. The Morgan fingerprint density at radius 2 is 2.12 bits per heavy atom. The minimum Gasteiger partial charge on any atom is -0.361 e. The molecular formula is C19H24N4O3. The van der Waals surface area contributed by atoms with Crippen molar-refractivity contribution in [2.75, 3.05) is 13.1 Å². The van der Waals surface area contributed by atoms with E-state index in [0.717, 1.165) is 46.9 Å². The van der Waals surface area contributed by atoms with Crippen molar-refractivity contribution in [2.24, 2.45) is 0 Å². The third-order valence-corrected chi connectivity index (χ3v) is 5.38. The fraction of sp³-hybridized carbons (Fsp3) is 0.579. The Labute approximate surface area is 152 Å². The van der Waals surface area contributed by atoms with Crippen LogP contribution in [0.1, 0.15) is 53.9 Å². The molecule has 26 heavy (non-hydrogen) atoms. The van der Waals surface area contributed by atoms with Crippen molar-refractivity contribution in [3.63, 3.8) is 0 Å². The van der Waals surface area contributed by atoms with Crippen LogP contribution in [-0.2, 0) is 34.6 Å². The van der Waals surface area contributed by atoms with E-state index in [0.29, 0.717) is 32.5 Å². The van der Waals surface area contributed by atoms with E-state index in [1.165, 1.54) is 0 Å². The number of aryl methyl sites for hydroxylation is 3. The minimum atomic E-state index is -0.404. The largest absolute Gasteiger partial charge is 0.361 e. The summed E-state index contributed by atoms with van der Waals surface area (Å²) in [6.07, 6.45) is 4.92. The number of rotatable bonds is 5. The second-order valence-electron chi connectivity index (χ2n) is 7.23. The van der Waals surface area contributed by atoms with Gasteiger partial charge in [-0.3, -0.25) is 4.79 Å². The van der Waals surface area contributed by atoms with Crippen LogP contribution in [0, 0.1) is 13.8 Å². The predicted molar refractivity (Wildman–Crippen MR) is 93.4 cm³/mol. The molecule has 1 spiro atoms. The average Bonchev–Trinajstić information content (AvgIpc) is 3.12. The molecule has 1 saturated heterocycles. The van der Waals surface area contributed by atoms with Crippen molar-refractivity contribution in [2.45, 2.75) is 58.7 Å². The molecule has 2 aliphatic rings. The van der Waals surface area contributed by atoms with Crippen molar-refractivity contribution < 1.29 is 14.1 Å². The maximum absolute atomic E-state index is 12.5. The Hall–Kier alpha value is -2.28. The normalized spacial score (nSPS) is 17.4. The first-order valence-electron chi connectivity index (χ1n) is 9.21. The molecule has 0 saturated carbocycles. The Morgan fingerprint density at radius 1 is 1.31 bits per heavy atom. The molecule has 0 atom stereocenters. The standard InChI is InChI=1S/C19H24N4O3/c1-4-5-17-20-8-15-16(21-17)9-25-19(15)10-23(11-19)18(24)7-6-14-12(2)22-26-13(14)3/h8H,4-7,9-11H2,1-3H3. The Morgan fingerprint density at radius 3 is 2.81 bits per heavy atom. The van der Waals surface area contributed by atoms with Gasteiger partial charge in [0.1, 0.15) is 17.2 Å². The summed E-state index contributed by atoms with van der Waals surface area (Å²) in [5.41, 5.74) is 3.52. The van der Waals surface area contributed by atoms with Crippen LogP contribution >= 0.6 is 0 Å². The summed E-state index contributed by atoms with van der Waals surface area (Å²) in [5, 5.41) is 3.94. The van der Waals surface area contributed by atoms with E-state index in [-0.39, 0.29) is 5.91 Å². The molecule has 1 amide bonds. The summed E-state index contributed by atoms with van der Waals surface area (Å²) < 4.78 is 11.2. The first-order valence-corrected chi connectivity index (χ1v) is 9.21. The van der Waals surface area contributed by atoms with Crippen molar-refractivity contribution in [1.29, 1.82) is 0 Å². The van der Waals surface area contributed by atoms with Gasteiger partial charge in [-0.05, 0) is 26.7 Å². The van der Waals surface area contributed by atoms with Gasteiger partial charge in [-0.2, -0.15) is 0 Å². The summed E-state index contributed by atoms with van der Waals surface area (Å²) in [6.45, 7) is 7.58. The van der Waals surface area contributed by atoms with Gasteiger partial charge in [0.05, 0.1) is 31.1 Å². The molecule has 0 unspecified atom stereocenters.